The molecule has 0 aliphatic rings. The standard InChI is InChI=1S/C19H35N3OS/c1-6-20-18(21-13-16(9-10-23)12-15(2)3)22-14-19(4,5)17-8-7-11-24-17/h7-8,11,15-16,23H,6,9-10,12-14H2,1-5H3,(H2,20,21,22). The zero-order valence-electron chi connectivity index (χ0n) is 15.9. The fourth-order valence-electron chi connectivity index (χ4n) is 2.75. The third kappa shape index (κ3) is 7.67. The summed E-state index contributed by atoms with van der Waals surface area (Å²) < 4.78 is 0. The summed E-state index contributed by atoms with van der Waals surface area (Å²) >= 11 is 1.79. The molecule has 4 nitrogen and oxygen atoms in total. The van der Waals surface area contributed by atoms with Crippen molar-refractivity contribution in [2.75, 3.05) is 26.2 Å². The molecule has 0 amide bonds. The van der Waals surface area contributed by atoms with Gasteiger partial charge in [-0.3, -0.25) is 4.99 Å². The van der Waals surface area contributed by atoms with E-state index < -0.39 is 0 Å². The van der Waals surface area contributed by atoms with Crippen LogP contribution >= 0.6 is 11.3 Å². The lowest BCUT2D eigenvalue weighted by molar-refractivity contribution is 0.243. The second kappa shape index (κ2) is 10.7. The Labute approximate surface area is 151 Å². The number of aliphatic hydroxyl groups is 1. The average molecular weight is 354 g/mol. The molecule has 1 heterocycles. The van der Waals surface area contributed by atoms with E-state index in [9.17, 15) is 5.11 Å². The molecule has 24 heavy (non-hydrogen) atoms. The highest BCUT2D eigenvalue weighted by Gasteiger charge is 2.21. The van der Waals surface area contributed by atoms with Gasteiger partial charge in [0.15, 0.2) is 5.96 Å². The van der Waals surface area contributed by atoms with Gasteiger partial charge in [0, 0.05) is 30.0 Å². The maximum atomic E-state index is 9.26. The van der Waals surface area contributed by atoms with Crippen molar-refractivity contribution >= 4 is 17.3 Å². The molecular formula is C19H35N3OS. The molecule has 1 atom stereocenters. The number of nitrogens with one attached hydrogen (secondary N) is 2. The number of aliphatic hydroxyl groups excluding tert-OH is 1. The van der Waals surface area contributed by atoms with Gasteiger partial charge in [-0.15, -0.1) is 11.3 Å². The molecule has 0 aromatic carbocycles. The number of guanidine groups is 1. The Morgan fingerprint density at radius 1 is 1.33 bits per heavy atom. The third-order valence-electron chi connectivity index (χ3n) is 4.07. The Balaban J connectivity index is 2.64. The summed E-state index contributed by atoms with van der Waals surface area (Å²) in [4.78, 5) is 6.15. The van der Waals surface area contributed by atoms with Crippen LogP contribution in [0.3, 0.4) is 0 Å². The van der Waals surface area contributed by atoms with Crippen molar-refractivity contribution in [1.82, 2.24) is 10.6 Å². The van der Waals surface area contributed by atoms with Gasteiger partial charge in [-0.05, 0) is 43.0 Å². The molecule has 3 N–H and O–H groups in total. The fourth-order valence-corrected chi connectivity index (χ4v) is 3.60. The third-order valence-corrected chi connectivity index (χ3v) is 5.30. The van der Waals surface area contributed by atoms with Crippen LogP contribution in [0, 0.1) is 11.8 Å². The van der Waals surface area contributed by atoms with E-state index >= 15 is 0 Å². The summed E-state index contributed by atoms with van der Waals surface area (Å²) in [6.07, 6.45) is 1.96. The highest BCUT2D eigenvalue weighted by molar-refractivity contribution is 7.10. The Morgan fingerprint density at radius 2 is 2.08 bits per heavy atom. The Bertz CT molecular complexity index is 469. The van der Waals surface area contributed by atoms with Crippen molar-refractivity contribution in [2.24, 2.45) is 16.8 Å². The summed E-state index contributed by atoms with van der Waals surface area (Å²) in [5.74, 6) is 1.98. The van der Waals surface area contributed by atoms with Crippen LogP contribution in [0.1, 0.15) is 52.3 Å². The molecular weight excluding hydrogens is 318 g/mol. The zero-order chi connectivity index (χ0) is 18.0. The first kappa shape index (κ1) is 21.0. The number of nitrogens with zero attached hydrogens (tertiary/aromatic N) is 1. The van der Waals surface area contributed by atoms with Crippen molar-refractivity contribution in [3.05, 3.63) is 22.4 Å². The molecule has 0 bridgehead atoms. The Hall–Kier alpha value is -1.07. The minimum absolute atomic E-state index is 0.0406. The normalized spacial score (nSPS) is 14.0. The van der Waals surface area contributed by atoms with Gasteiger partial charge in [-0.2, -0.15) is 0 Å². The lowest BCUT2D eigenvalue weighted by Crippen LogP contribution is -2.41. The minimum atomic E-state index is 0.0406. The van der Waals surface area contributed by atoms with Gasteiger partial charge in [0.1, 0.15) is 0 Å². The van der Waals surface area contributed by atoms with Gasteiger partial charge in [-0.25, -0.2) is 0 Å². The van der Waals surface area contributed by atoms with Crippen LogP contribution in [0.25, 0.3) is 0 Å². The fraction of sp³-hybridized carbons (Fsp3) is 0.737. The lowest BCUT2D eigenvalue weighted by atomic mass is 9.92. The predicted molar refractivity (Wildman–Crippen MR) is 106 cm³/mol. The zero-order valence-corrected chi connectivity index (χ0v) is 16.7. The first-order valence-corrected chi connectivity index (χ1v) is 9.94. The maximum absolute atomic E-state index is 9.26. The van der Waals surface area contributed by atoms with Crippen LogP contribution in [-0.4, -0.2) is 37.3 Å². The molecule has 0 aliphatic heterocycles. The van der Waals surface area contributed by atoms with Crippen LogP contribution in [0.2, 0.25) is 0 Å². The number of thiophene rings is 1. The second-order valence-corrected chi connectivity index (χ2v) is 8.39. The van der Waals surface area contributed by atoms with Crippen LogP contribution < -0.4 is 10.6 Å². The van der Waals surface area contributed by atoms with Gasteiger partial charge in [-0.1, -0.05) is 33.8 Å². The van der Waals surface area contributed by atoms with Gasteiger partial charge < -0.3 is 15.7 Å². The average Bonchev–Trinajstić information content (AvgIpc) is 3.05. The van der Waals surface area contributed by atoms with Gasteiger partial charge in [0.05, 0.1) is 6.54 Å². The summed E-state index contributed by atoms with van der Waals surface area (Å²) in [5, 5.41) is 18.2. The van der Waals surface area contributed by atoms with Crippen molar-refractivity contribution in [1.29, 1.82) is 0 Å². The van der Waals surface area contributed by atoms with Crippen molar-refractivity contribution in [2.45, 2.75) is 52.9 Å². The van der Waals surface area contributed by atoms with Crippen molar-refractivity contribution < 1.29 is 5.11 Å². The van der Waals surface area contributed by atoms with E-state index in [-0.39, 0.29) is 12.0 Å². The van der Waals surface area contributed by atoms with Gasteiger partial charge >= 0.3 is 0 Å². The molecule has 0 aliphatic carbocycles. The number of aliphatic imine (C=N–C) groups is 1. The number of hydrogen-bond acceptors (Lipinski definition) is 3. The molecule has 1 aromatic heterocycles. The van der Waals surface area contributed by atoms with Crippen LogP contribution in [0.5, 0.6) is 0 Å². The van der Waals surface area contributed by atoms with Crippen LogP contribution in [0.4, 0.5) is 0 Å². The molecule has 1 rings (SSSR count). The van der Waals surface area contributed by atoms with Crippen LogP contribution in [0.15, 0.2) is 22.5 Å². The SMILES string of the molecule is CCNC(=NCC(C)(C)c1cccs1)NCC(CCO)CC(C)C. The van der Waals surface area contributed by atoms with Gasteiger partial charge in [0.25, 0.3) is 0 Å². The van der Waals surface area contributed by atoms with E-state index in [4.69, 9.17) is 4.99 Å². The molecule has 1 aromatic rings. The number of hydrogen-bond donors (Lipinski definition) is 3. The topological polar surface area (TPSA) is 56.7 Å². The molecule has 0 spiro atoms. The van der Waals surface area contributed by atoms with Crippen molar-refractivity contribution in [3.63, 3.8) is 0 Å². The second-order valence-electron chi connectivity index (χ2n) is 7.45. The molecule has 1 unspecified atom stereocenters. The first-order chi connectivity index (χ1) is 11.4. The smallest absolute Gasteiger partial charge is 0.191 e. The van der Waals surface area contributed by atoms with E-state index in [0.29, 0.717) is 11.8 Å². The van der Waals surface area contributed by atoms with E-state index in [1.54, 1.807) is 11.3 Å². The highest BCUT2D eigenvalue weighted by atomic mass is 32.1. The number of rotatable bonds is 10. The summed E-state index contributed by atoms with van der Waals surface area (Å²) in [6, 6.07) is 4.28. The molecule has 0 saturated heterocycles. The Morgan fingerprint density at radius 3 is 2.62 bits per heavy atom. The van der Waals surface area contributed by atoms with Crippen molar-refractivity contribution in [3.8, 4) is 0 Å². The monoisotopic (exact) mass is 353 g/mol. The molecule has 0 fully saturated rings. The highest BCUT2D eigenvalue weighted by Crippen LogP contribution is 2.27. The predicted octanol–water partition coefficient (Wildman–Crippen LogP) is 3.63. The summed E-state index contributed by atoms with van der Waals surface area (Å²) in [5.41, 5.74) is 0.0406. The summed E-state index contributed by atoms with van der Waals surface area (Å²) in [7, 11) is 0. The summed E-state index contributed by atoms with van der Waals surface area (Å²) in [6.45, 7) is 13.7. The van der Waals surface area contributed by atoms with E-state index in [0.717, 1.165) is 38.4 Å². The van der Waals surface area contributed by atoms with Gasteiger partial charge in [0.2, 0.25) is 0 Å². The minimum Gasteiger partial charge on any atom is -0.396 e. The molecule has 0 saturated carbocycles. The largest absolute Gasteiger partial charge is 0.396 e. The molecule has 5 heteroatoms. The van der Waals surface area contributed by atoms with E-state index in [1.165, 1.54) is 4.88 Å². The Kier molecular flexibility index (Phi) is 9.37. The van der Waals surface area contributed by atoms with Crippen LogP contribution in [-0.2, 0) is 5.41 Å². The first-order valence-electron chi connectivity index (χ1n) is 9.06. The van der Waals surface area contributed by atoms with E-state index in [1.807, 2.05) is 0 Å². The molecule has 138 valence electrons. The quantitative estimate of drug-likeness (QED) is 0.445. The van der Waals surface area contributed by atoms with E-state index in [2.05, 4.69) is 62.8 Å². The maximum Gasteiger partial charge on any atom is 0.191 e. The molecule has 0 radical (unpaired) electrons. The lowest BCUT2D eigenvalue weighted by Gasteiger charge is -2.23.